The number of benzene rings is 2. The molecule has 0 fully saturated rings. The summed E-state index contributed by atoms with van der Waals surface area (Å²) < 4.78 is 18.8. The average molecular weight is 458 g/mol. The highest BCUT2D eigenvalue weighted by Crippen LogP contribution is 2.20. The number of amides is 3. The van der Waals surface area contributed by atoms with Crippen molar-refractivity contribution in [2.45, 2.75) is 33.0 Å². The highest BCUT2D eigenvalue weighted by atomic mass is 35.5. The van der Waals surface area contributed by atoms with Crippen molar-refractivity contribution in [2.75, 3.05) is 11.9 Å². The molecule has 0 radical (unpaired) electrons. The van der Waals surface area contributed by atoms with Crippen LogP contribution in [-0.2, 0) is 17.9 Å². The summed E-state index contributed by atoms with van der Waals surface area (Å²) >= 11 is 5.80. The molecule has 0 unspecified atom stereocenters. The van der Waals surface area contributed by atoms with Crippen LogP contribution in [0.15, 0.2) is 71.3 Å². The molecule has 8 heteroatoms. The van der Waals surface area contributed by atoms with Crippen LogP contribution in [0.3, 0.4) is 0 Å². The minimum Gasteiger partial charge on any atom is -0.467 e. The van der Waals surface area contributed by atoms with Crippen molar-refractivity contribution in [3.63, 3.8) is 0 Å². The fourth-order valence-corrected chi connectivity index (χ4v) is 3.31. The van der Waals surface area contributed by atoms with Gasteiger partial charge in [-0.3, -0.25) is 4.79 Å². The summed E-state index contributed by atoms with van der Waals surface area (Å²) in [7, 11) is 0. The van der Waals surface area contributed by atoms with Crippen LogP contribution in [0, 0.1) is 5.82 Å². The Morgan fingerprint density at radius 2 is 1.81 bits per heavy atom. The highest BCUT2D eigenvalue weighted by molar-refractivity contribution is 6.31. The van der Waals surface area contributed by atoms with Gasteiger partial charge >= 0.3 is 6.03 Å². The second kappa shape index (κ2) is 10.8. The minimum absolute atomic E-state index is 0.0949. The van der Waals surface area contributed by atoms with Crippen molar-refractivity contribution in [1.82, 2.24) is 9.80 Å². The van der Waals surface area contributed by atoms with Crippen molar-refractivity contribution >= 4 is 29.2 Å². The first-order chi connectivity index (χ1) is 15.3. The first kappa shape index (κ1) is 23.3. The molecule has 0 atom stereocenters. The number of carbonyl (C=O) groups excluding carboxylic acids is 2. The van der Waals surface area contributed by atoms with E-state index in [0.717, 1.165) is 5.56 Å². The Hall–Kier alpha value is -3.32. The molecule has 0 bridgehead atoms. The van der Waals surface area contributed by atoms with E-state index < -0.39 is 11.8 Å². The predicted molar refractivity (Wildman–Crippen MR) is 122 cm³/mol. The van der Waals surface area contributed by atoms with Crippen molar-refractivity contribution in [1.29, 1.82) is 0 Å². The molecule has 3 aromatic rings. The number of nitrogens with one attached hydrogen (secondary N) is 1. The first-order valence-electron chi connectivity index (χ1n) is 10.2. The van der Waals surface area contributed by atoms with E-state index in [1.54, 1.807) is 23.3 Å². The third-order valence-corrected chi connectivity index (χ3v) is 5.15. The Morgan fingerprint density at radius 3 is 2.44 bits per heavy atom. The van der Waals surface area contributed by atoms with Crippen LogP contribution in [0.1, 0.15) is 25.2 Å². The smallest absolute Gasteiger partial charge is 0.322 e. The van der Waals surface area contributed by atoms with Crippen LogP contribution in [0.5, 0.6) is 0 Å². The van der Waals surface area contributed by atoms with Crippen LogP contribution in [0.2, 0.25) is 5.02 Å². The standard InChI is InChI=1S/C24H25ClFN3O3/c1-17(2)29(24(31)27-19-10-11-22(26)21(25)13-19)16-23(30)28(15-20-9-6-12-32-20)14-18-7-4-3-5-8-18/h3-13,17H,14-16H2,1-2H3,(H,27,31). The lowest BCUT2D eigenvalue weighted by Crippen LogP contribution is -2.47. The largest absolute Gasteiger partial charge is 0.467 e. The number of rotatable bonds is 8. The lowest BCUT2D eigenvalue weighted by Gasteiger charge is -2.30. The molecule has 0 saturated carbocycles. The Kier molecular flexibility index (Phi) is 7.89. The molecule has 1 aromatic heterocycles. The molecule has 0 aliphatic carbocycles. The Balaban J connectivity index is 1.74. The summed E-state index contributed by atoms with van der Waals surface area (Å²) in [5.41, 5.74) is 1.31. The molecule has 0 aliphatic rings. The number of furan rings is 1. The van der Waals surface area contributed by atoms with Gasteiger partial charge in [0.1, 0.15) is 18.1 Å². The van der Waals surface area contributed by atoms with E-state index in [2.05, 4.69) is 5.32 Å². The number of hydrogen-bond donors (Lipinski definition) is 1. The number of halogens is 2. The predicted octanol–water partition coefficient (Wildman–Crippen LogP) is 5.54. The topological polar surface area (TPSA) is 65.8 Å². The second-order valence-electron chi connectivity index (χ2n) is 7.60. The molecule has 6 nitrogen and oxygen atoms in total. The van der Waals surface area contributed by atoms with Gasteiger partial charge in [0.15, 0.2) is 0 Å². The molecule has 0 aliphatic heterocycles. The summed E-state index contributed by atoms with van der Waals surface area (Å²) in [6, 6.07) is 16.4. The van der Waals surface area contributed by atoms with Gasteiger partial charge in [0.2, 0.25) is 5.91 Å². The SMILES string of the molecule is CC(C)N(CC(=O)N(Cc1ccccc1)Cc1ccco1)C(=O)Nc1ccc(F)c(Cl)c1. The molecule has 1 N–H and O–H groups in total. The van der Waals surface area contributed by atoms with E-state index in [-0.39, 0.29) is 30.1 Å². The highest BCUT2D eigenvalue weighted by Gasteiger charge is 2.24. The zero-order chi connectivity index (χ0) is 23.1. The zero-order valence-electron chi connectivity index (χ0n) is 17.9. The maximum atomic E-state index is 13.4. The van der Waals surface area contributed by atoms with Gasteiger partial charge in [-0.25, -0.2) is 9.18 Å². The van der Waals surface area contributed by atoms with E-state index in [4.69, 9.17) is 16.0 Å². The van der Waals surface area contributed by atoms with Crippen LogP contribution >= 0.6 is 11.6 Å². The van der Waals surface area contributed by atoms with Gasteiger partial charge in [0.25, 0.3) is 0 Å². The van der Waals surface area contributed by atoms with Gasteiger partial charge in [-0.05, 0) is 49.7 Å². The number of nitrogens with zero attached hydrogens (tertiary/aromatic N) is 2. The van der Waals surface area contributed by atoms with E-state index in [9.17, 15) is 14.0 Å². The van der Waals surface area contributed by atoms with Crippen molar-refractivity contribution in [3.05, 3.63) is 89.1 Å². The van der Waals surface area contributed by atoms with Gasteiger partial charge in [-0.2, -0.15) is 0 Å². The summed E-state index contributed by atoms with van der Waals surface area (Å²) in [6.07, 6.45) is 1.56. The molecule has 0 saturated heterocycles. The maximum Gasteiger partial charge on any atom is 0.322 e. The molecular formula is C24H25ClFN3O3. The quantitative estimate of drug-likeness (QED) is 0.482. The van der Waals surface area contributed by atoms with E-state index in [1.807, 2.05) is 44.2 Å². The summed E-state index contributed by atoms with van der Waals surface area (Å²) in [4.78, 5) is 29.2. The van der Waals surface area contributed by atoms with Gasteiger partial charge in [-0.1, -0.05) is 41.9 Å². The Labute approximate surface area is 191 Å². The van der Waals surface area contributed by atoms with Gasteiger partial charge in [0, 0.05) is 18.3 Å². The molecule has 32 heavy (non-hydrogen) atoms. The van der Waals surface area contributed by atoms with Gasteiger partial charge in [0.05, 0.1) is 17.8 Å². The molecule has 3 rings (SSSR count). The minimum atomic E-state index is -0.574. The Bertz CT molecular complexity index is 1040. The lowest BCUT2D eigenvalue weighted by molar-refractivity contribution is -0.133. The van der Waals surface area contributed by atoms with Crippen molar-refractivity contribution < 1.29 is 18.4 Å². The van der Waals surface area contributed by atoms with Gasteiger partial charge < -0.3 is 19.5 Å². The molecule has 2 aromatic carbocycles. The van der Waals surface area contributed by atoms with E-state index in [0.29, 0.717) is 18.0 Å². The second-order valence-corrected chi connectivity index (χ2v) is 8.00. The summed E-state index contributed by atoms with van der Waals surface area (Å²) in [6.45, 7) is 4.16. The van der Waals surface area contributed by atoms with Crippen LogP contribution in [0.4, 0.5) is 14.9 Å². The number of hydrogen-bond acceptors (Lipinski definition) is 3. The van der Waals surface area contributed by atoms with Crippen LogP contribution in [0.25, 0.3) is 0 Å². The number of anilines is 1. The van der Waals surface area contributed by atoms with Crippen molar-refractivity contribution in [3.8, 4) is 0 Å². The molecule has 168 valence electrons. The van der Waals surface area contributed by atoms with Crippen LogP contribution in [-0.4, -0.2) is 34.3 Å². The molecule has 3 amide bonds. The zero-order valence-corrected chi connectivity index (χ0v) is 18.7. The maximum absolute atomic E-state index is 13.4. The third kappa shape index (κ3) is 6.34. The summed E-state index contributed by atoms with van der Waals surface area (Å²) in [5.74, 6) is -0.155. The van der Waals surface area contributed by atoms with Gasteiger partial charge in [-0.15, -0.1) is 0 Å². The number of carbonyl (C=O) groups is 2. The summed E-state index contributed by atoms with van der Waals surface area (Å²) in [5, 5.41) is 2.58. The monoisotopic (exact) mass is 457 g/mol. The first-order valence-corrected chi connectivity index (χ1v) is 10.6. The number of urea groups is 1. The fraction of sp³-hybridized carbons (Fsp3) is 0.250. The molecule has 1 heterocycles. The average Bonchev–Trinajstić information content (AvgIpc) is 3.27. The van der Waals surface area contributed by atoms with Crippen molar-refractivity contribution in [2.24, 2.45) is 0 Å². The fourth-order valence-electron chi connectivity index (χ4n) is 3.13. The Morgan fingerprint density at radius 1 is 1.06 bits per heavy atom. The van der Waals surface area contributed by atoms with E-state index in [1.165, 1.54) is 23.1 Å². The lowest BCUT2D eigenvalue weighted by atomic mass is 10.2. The van der Waals surface area contributed by atoms with Crippen LogP contribution < -0.4 is 5.32 Å². The normalized spacial score (nSPS) is 10.8. The third-order valence-electron chi connectivity index (χ3n) is 4.86. The molecule has 0 spiro atoms. The molecular weight excluding hydrogens is 433 g/mol. The van der Waals surface area contributed by atoms with E-state index >= 15 is 0 Å².